The zero-order valence-corrected chi connectivity index (χ0v) is 18.1. The molecule has 0 radical (unpaired) electrons. The molecule has 11 heteroatoms. The molecule has 0 atom stereocenters. The van der Waals surface area contributed by atoms with Gasteiger partial charge in [-0.15, -0.1) is 0 Å². The van der Waals surface area contributed by atoms with Crippen LogP contribution in [0.3, 0.4) is 0 Å². The normalized spacial score (nSPS) is 16.4. The van der Waals surface area contributed by atoms with Crippen molar-refractivity contribution in [1.29, 1.82) is 0 Å². The van der Waals surface area contributed by atoms with E-state index in [1.807, 2.05) is 30.3 Å². The fraction of sp³-hybridized carbons (Fsp3) is 0.300. The molecule has 0 bridgehead atoms. The summed E-state index contributed by atoms with van der Waals surface area (Å²) >= 11 is 6.10. The van der Waals surface area contributed by atoms with Crippen LogP contribution >= 0.6 is 11.6 Å². The van der Waals surface area contributed by atoms with Crippen molar-refractivity contribution in [3.63, 3.8) is 0 Å². The Labute approximate surface area is 185 Å². The Morgan fingerprint density at radius 2 is 1.84 bits per heavy atom. The van der Waals surface area contributed by atoms with E-state index in [4.69, 9.17) is 16.3 Å². The van der Waals surface area contributed by atoms with E-state index in [0.29, 0.717) is 31.9 Å². The van der Waals surface area contributed by atoms with Crippen molar-refractivity contribution in [1.82, 2.24) is 9.62 Å². The van der Waals surface area contributed by atoms with Gasteiger partial charge in [0.2, 0.25) is 15.9 Å². The minimum atomic E-state index is -4.06. The van der Waals surface area contributed by atoms with Gasteiger partial charge in [0.1, 0.15) is 10.6 Å². The van der Waals surface area contributed by atoms with E-state index in [1.54, 1.807) is 4.90 Å². The summed E-state index contributed by atoms with van der Waals surface area (Å²) in [6.07, 6.45) is 0. The molecule has 164 valence electrons. The van der Waals surface area contributed by atoms with E-state index in [2.05, 4.69) is 14.9 Å². The number of hydrogen-bond acceptors (Lipinski definition) is 6. The number of carbonyl (C=O) groups excluding carboxylic acids is 2. The Balaban J connectivity index is 1.37. The van der Waals surface area contributed by atoms with Crippen LogP contribution in [0.4, 0.5) is 11.4 Å². The molecule has 0 aromatic heterocycles. The number of halogens is 1. The molecule has 0 aliphatic carbocycles. The number of nitrogens with one attached hydrogen (secondary N) is 2. The number of para-hydroxylation sites is 1. The van der Waals surface area contributed by atoms with Gasteiger partial charge in [-0.3, -0.25) is 9.59 Å². The van der Waals surface area contributed by atoms with Crippen LogP contribution in [-0.2, 0) is 19.6 Å². The number of rotatable bonds is 5. The molecule has 0 unspecified atom stereocenters. The second kappa shape index (κ2) is 8.74. The van der Waals surface area contributed by atoms with Crippen molar-refractivity contribution in [2.24, 2.45) is 0 Å². The number of nitrogens with zero attached hydrogens (tertiary/aromatic N) is 2. The maximum atomic E-state index is 12.7. The predicted octanol–water partition coefficient (Wildman–Crippen LogP) is 1.30. The average molecular weight is 465 g/mol. The number of benzene rings is 2. The van der Waals surface area contributed by atoms with Gasteiger partial charge in [-0.25, -0.2) is 13.1 Å². The third kappa shape index (κ3) is 4.76. The fourth-order valence-electron chi connectivity index (χ4n) is 3.49. The third-order valence-corrected chi connectivity index (χ3v) is 6.99. The van der Waals surface area contributed by atoms with Crippen LogP contribution in [0.5, 0.6) is 5.75 Å². The highest BCUT2D eigenvalue weighted by molar-refractivity contribution is 7.89. The first kappa shape index (κ1) is 21.4. The van der Waals surface area contributed by atoms with Crippen molar-refractivity contribution in [3.8, 4) is 5.75 Å². The maximum Gasteiger partial charge on any atom is 0.262 e. The summed E-state index contributed by atoms with van der Waals surface area (Å²) in [6.45, 7) is 1.75. The maximum absolute atomic E-state index is 12.7. The van der Waals surface area contributed by atoms with Crippen molar-refractivity contribution >= 4 is 44.8 Å². The first-order chi connectivity index (χ1) is 14.8. The molecule has 4 rings (SSSR count). The molecular weight excluding hydrogens is 444 g/mol. The highest BCUT2D eigenvalue weighted by Gasteiger charge is 2.27. The number of hydrogen-bond donors (Lipinski definition) is 2. The van der Waals surface area contributed by atoms with Gasteiger partial charge in [0, 0.05) is 37.9 Å². The van der Waals surface area contributed by atoms with Crippen LogP contribution in [0.2, 0.25) is 5.02 Å². The third-order valence-electron chi connectivity index (χ3n) is 5.12. The zero-order valence-electron chi connectivity index (χ0n) is 16.5. The number of anilines is 2. The number of carbonyl (C=O) groups is 2. The van der Waals surface area contributed by atoms with Gasteiger partial charge >= 0.3 is 0 Å². The second-order valence-electron chi connectivity index (χ2n) is 7.14. The van der Waals surface area contributed by atoms with Crippen LogP contribution < -0.4 is 19.7 Å². The van der Waals surface area contributed by atoms with E-state index in [0.717, 1.165) is 5.69 Å². The number of piperazine rings is 1. The molecule has 0 saturated carbocycles. The molecule has 1 fully saturated rings. The molecule has 0 spiro atoms. The number of fused-ring (bicyclic) bond motifs is 1. The van der Waals surface area contributed by atoms with Crippen LogP contribution in [-0.4, -0.2) is 64.5 Å². The smallest absolute Gasteiger partial charge is 0.262 e. The number of amides is 2. The van der Waals surface area contributed by atoms with E-state index in [1.165, 1.54) is 12.1 Å². The van der Waals surface area contributed by atoms with Crippen LogP contribution in [0.25, 0.3) is 0 Å². The molecule has 9 nitrogen and oxygen atoms in total. The summed E-state index contributed by atoms with van der Waals surface area (Å²) in [7, 11) is -4.06. The Morgan fingerprint density at radius 1 is 1.13 bits per heavy atom. The summed E-state index contributed by atoms with van der Waals surface area (Å²) in [5.41, 5.74) is 1.39. The summed E-state index contributed by atoms with van der Waals surface area (Å²) in [5.74, 6) is -0.461. The van der Waals surface area contributed by atoms with Crippen LogP contribution in [0, 0.1) is 0 Å². The van der Waals surface area contributed by atoms with Gasteiger partial charge in [0.05, 0.1) is 17.3 Å². The van der Waals surface area contributed by atoms with Gasteiger partial charge in [-0.2, -0.15) is 0 Å². The molecular formula is C20H21ClN4O5S. The lowest BCUT2D eigenvalue weighted by atomic mass is 10.2. The summed E-state index contributed by atoms with van der Waals surface area (Å²) in [4.78, 5) is 27.5. The molecule has 2 aliphatic heterocycles. The van der Waals surface area contributed by atoms with Crippen LogP contribution in [0.15, 0.2) is 47.4 Å². The lowest BCUT2D eigenvalue weighted by molar-refractivity contribution is -0.130. The summed E-state index contributed by atoms with van der Waals surface area (Å²) in [5, 5.41) is 2.48. The molecule has 2 N–H and O–H groups in total. The van der Waals surface area contributed by atoms with E-state index in [9.17, 15) is 18.0 Å². The highest BCUT2D eigenvalue weighted by atomic mass is 35.5. The minimum absolute atomic E-state index is 0.0824. The van der Waals surface area contributed by atoms with Gasteiger partial charge < -0.3 is 19.9 Å². The van der Waals surface area contributed by atoms with Crippen molar-refractivity contribution < 1.29 is 22.7 Å². The van der Waals surface area contributed by atoms with E-state index < -0.39 is 10.0 Å². The molecule has 2 aliphatic rings. The van der Waals surface area contributed by atoms with Gasteiger partial charge in [-0.1, -0.05) is 29.8 Å². The summed E-state index contributed by atoms with van der Waals surface area (Å²) < 4.78 is 33.0. The number of ether oxygens (including phenoxy) is 1. The average Bonchev–Trinajstić information content (AvgIpc) is 2.77. The van der Waals surface area contributed by atoms with Crippen molar-refractivity contribution in [3.05, 3.63) is 47.5 Å². The zero-order chi connectivity index (χ0) is 22.0. The SMILES string of the molecule is O=C1COc2cc(S(=O)(=O)NCC(=O)N3CCN(c4ccccc4)CC3)c(Cl)cc2N1. The Kier molecular flexibility index (Phi) is 6.03. The predicted molar refractivity (Wildman–Crippen MR) is 116 cm³/mol. The van der Waals surface area contributed by atoms with Crippen LogP contribution in [0.1, 0.15) is 0 Å². The first-order valence-corrected chi connectivity index (χ1v) is 11.5. The van der Waals surface area contributed by atoms with E-state index in [-0.39, 0.29) is 40.6 Å². The highest BCUT2D eigenvalue weighted by Crippen LogP contribution is 2.35. The van der Waals surface area contributed by atoms with Crippen molar-refractivity contribution in [2.75, 3.05) is 49.5 Å². The molecule has 31 heavy (non-hydrogen) atoms. The first-order valence-electron chi connectivity index (χ1n) is 9.67. The molecule has 2 aromatic rings. The summed E-state index contributed by atoms with van der Waals surface area (Å²) in [6, 6.07) is 12.5. The monoisotopic (exact) mass is 464 g/mol. The lowest BCUT2D eigenvalue weighted by Crippen LogP contribution is -2.51. The molecule has 1 saturated heterocycles. The van der Waals surface area contributed by atoms with E-state index >= 15 is 0 Å². The molecule has 2 aromatic carbocycles. The fourth-order valence-corrected chi connectivity index (χ4v) is 5.00. The van der Waals surface area contributed by atoms with Gasteiger partial charge in [0.25, 0.3) is 5.91 Å². The van der Waals surface area contributed by atoms with Gasteiger partial charge in [0.15, 0.2) is 6.61 Å². The second-order valence-corrected chi connectivity index (χ2v) is 9.29. The molecule has 2 heterocycles. The van der Waals surface area contributed by atoms with Gasteiger partial charge in [-0.05, 0) is 18.2 Å². The number of sulfonamides is 1. The quantitative estimate of drug-likeness (QED) is 0.690. The van der Waals surface area contributed by atoms with Crippen molar-refractivity contribution in [2.45, 2.75) is 4.90 Å². The lowest BCUT2D eigenvalue weighted by Gasteiger charge is -2.36. The topological polar surface area (TPSA) is 108 Å². The Bertz CT molecular complexity index is 1100. The molecule has 2 amide bonds. The standard InChI is InChI=1S/C20H21ClN4O5S/c21-15-10-16-17(30-13-19(26)23-16)11-18(15)31(28,29)22-12-20(27)25-8-6-24(7-9-25)14-4-2-1-3-5-14/h1-5,10-11,22H,6-9,12-13H2,(H,23,26). The largest absolute Gasteiger partial charge is 0.482 e. The minimum Gasteiger partial charge on any atom is -0.482 e. The Hall–Kier alpha value is -2.82. The Morgan fingerprint density at radius 3 is 2.55 bits per heavy atom.